The van der Waals surface area contributed by atoms with Crippen LogP contribution in [0.3, 0.4) is 0 Å². The lowest BCUT2D eigenvalue weighted by molar-refractivity contribution is 0.120. The van der Waals surface area contributed by atoms with Crippen molar-refractivity contribution in [1.29, 1.82) is 0 Å². The van der Waals surface area contributed by atoms with E-state index in [-0.39, 0.29) is 0 Å². The summed E-state index contributed by atoms with van der Waals surface area (Å²) in [6.07, 6.45) is 7.20. The standard InChI is InChI=1S/C18H21N5S/c1-2-6-15(7-3-1)18-21-16(12-24-18)10-22-9-5-4-8-17(22)11-23-14-19-13-20-23/h1-3,6-7,12-14,17H,4-5,8-11H2/t17-/m1/s1. The van der Waals surface area contributed by atoms with Crippen LogP contribution in [0.2, 0.25) is 0 Å². The molecule has 1 saturated heterocycles. The molecule has 1 fully saturated rings. The van der Waals surface area contributed by atoms with Gasteiger partial charge in [-0.05, 0) is 19.4 Å². The normalized spacial score (nSPS) is 18.8. The summed E-state index contributed by atoms with van der Waals surface area (Å²) in [4.78, 5) is 11.5. The van der Waals surface area contributed by atoms with E-state index >= 15 is 0 Å². The van der Waals surface area contributed by atoms with Crippen LogP contribution >= 0.6 is 11.3 Å². The highest BCUT2D eigenvalue weighted by Crippen LogP contribution is 2.26. The molecule has 1 aliphatic rings. The van der Waals surface area contributed by atoms with Crippen LogP contribution in [0.15, 0.2) is 48.4 Å². The summed E-state index contributed by atoms with van der Waals surface area (Å²) in [7, 11) is 0. The fraction of sp³-hybridized carbons (Fsp3) is 0.389. The number of benzene rings is 1. The maximum absolute atomic E-state index is 4.85. The molecule has 0 radical (unpaired) electrons. The second kappa shape index (κ2) is 7.23. The molecule has 0 N–H and O–H groups in total. The summed E-state index contributed by atoms with van der Waals surface area (Å²) in [5.74, 6) is 0. The second-order valence-electron chi connectivity index (χ2n) is 6.25. The van der Waals surface area contributed by atoms with Gasteiger partial charge in [-0.2, -0.15) is 5.10 Å². The number of rotatable bonds is 5. The lowest BCUT2D eigenvalue weighted by atomic mass is 10.0. The smallest absolute Gasteiger partial charge is 0.137 e. The van der Waals surface area contributed by atoms with E-state index < -0.39 is 0 Å². The molecule has 0 aliphatic carbocycles. The quantitative estimate of drug-likeness (QED) is 0.714. The van der Waals surface area contributed by atoms with Gasteiger partial charge in [0.05, 0.1) is 12.2 Å². The molecule has 0 amide bonds. The van der Waals surface area contributed by atoms with E-state index in [0.717, 1.165) is 24.6 Å². The van der Waals surface area contributed by atoms with Gasteiger partial charge in [0.25, 0.3) is 0 Å². The van der Waals surface area contributed by atoms with Crippen LogP contribution in [0.1, 0.15) is 25.0 Å². The maximum Gasteiger partial charge on any atom is 0.137 e. The van der Waals surface area contributed by atoms with Gasteiger partial charge in [-0.15, -0.1) is 11.3 Å². The molecule has 1 atom stereocenters. The second-order valence-corrected chi connectivity index (χ2v) is 7.11. The predicted molar refractivity (Wildman–Crippen MR) is 95.6 cm³/mol. The van der Waals surface area contributed by atoms with Crippen LogP contribution in [0.5, 0.6) is 0 Å². The van der Waals surface area contributed by atoms with Crippen LogP contribution in [0.25, 0.3) is 10.6 Å². The first kappa shape index (κ1) is 15.5. The number of hydrogen-bond donors (Lipinski definition) is 0. The van der Waals surface area contributed by atoms with Crippen LogP contribution in [-0.2, 0) is 13.1 Å². The van der Waals surface area contributed by atoms with Crippen LogP contribution in [-0.4, -0.2) is 37.2 Å². The first-order valence-corrected chi connectivity index (χ1v) is 9.33. The van der Waals surface area contributed by atoms with E-state index in [1.54, 1.807) is 17.7 Å². The highest BCUT2D eigenvalue weighted by atomic mass is 32.1. The van der Waals surface area contributed by atoms with Crippen molar-refractivity contribution in [2.75, 3.05) is 6.54 Å². The molecule has 3 heterocycles. The first-order chi connectivity index (χ1) is 11.9. The zero-order chi connectivity index (χ0) is 16.2. The zero-order valence-electron chi connectivity index (χ0n) is 13.6. The van der Waals surface area contributed by atoms with E-state index in [1.165, 1.54) is 30.5 Å². The van der Waals surface area contributed by atoms with Crippen LogP contribution < -0.4 is 0 Å². The Morgan fingerprint density at radius 1 is 1.17 bits per heavy atom. The van der Waals surface area contributed by atoms with Crippen molar-refractivity contribution < 1.29 is 0 Å². The van der Waals surface area contributed by atoms with Crippen molar-refractivity contribution >= 4 is 11.3 Å². The van der Waals surface area contributed by atoms with Crippen molar-refractivity contribution in [2.45, 2.75) is 38.4 Å². The first-order valence-electron chi connectivity index (χ1n) is 8.45. The van der Waals surface area contributed by atoms with Gasteiger partial charge >= 0.3 is 0 Å². The van der Waals surface area contributed by atoms with E-state index in [0.29, 0.717) is 6.04 Å². The molecule has 124 valence electrons. The Bertz CT molecular complexity index is 753. The average Bonchev–Trinajstić information content (AvgIpc) is 3.29. The number of aromatic nitrogens is 4. The number of thiazole rings is 1. The Labute approximate surface area is 146 Å². The highest BCUT2D eigenvalue weighted by Gasteiger charge is 2.23. The van der Waals surface area contributed by atoms with Crippen LogP contribution in [0.4, 0.5) is 0 Å². The number of hydrogen-bond acceptors (Lipinski definition) is 5. The Balaban J connectivity index is 1.46. The van der Waals surface area contributed by atoms with E-state index in [1.807, 2.05) is 17.1 Å². The Kier molecular flexibility index (Phi) is 4.66. The summed E-state index contributed by atoms with van der Waals surface area (Å²) < 4.78 is 1.94. The predicted octanol–water partition coefficient (Wildman–Crippen LogP) is 3.46. The molecular weight excluding hydrogens is 318 g/mol. The molecule has 3 aromatic rings. The molecule has 1 aromatic carbocycles. The van der Waals surface area contributed by atoms with E-state index in [4.69, 9.17) is 4.98 Å². The van der Waals surface area contributed by atoms with Gasteiger partial charge < -0.3 is 0 Å². The molecule has 2 aromatic heterocycles. The maximum atomic E-state index is 4.85. The van der Waals surface area contributed by atoms with Gasteiger partial charge in [0, 0.05) is 23.5 Å². The Morgan fingerprint density at radius 3 is 2.92 bits per heavy atom. The van der Waals surface area contributed by atoms with Gasteiger partial charge in [-0.25, -0.2) is 9.97 Å². The fourth-order valence-electron chi connectivity index (χ4n) is 3.32. The summed E-state index contributed by atoms with van der Waals surface area (Å²) in [6, 6.07) is 10.9. The van der Waals surface area contributed by atoms with Crippen molar-refractivity contribution in [3.8, 4) is 10.6 Å². The Morgan fingerprint density at radius 2 is 2.08 bits per heavy atom. The zero-order valence-corrected chi connectivity index (χ0v) is 14.4. The average molecular weight is 339 g/mol. The van der Waals surface area contributed by atoms with Crippen molar-refractivity contribution in [3.05, 3.63) is 54.1 Å². The molecule has 6 heteroatoms. The van der Waals surface area contributed by atoms with E-state index in [9.17, 15) is 0 Å². The Hall–Kier alpha value is -2.05. The molecule has 0 unspecified atom stereocenters. The molecule has 0 bridgehead atoms. The SMILES string of the molecule is c1ccc(-c2nc(CN3CCCC[C@@H]3Cn3cncn3)cs2)cc1. The lowest BCUT2D eigenvalue weighted by Crippen LogP contribution is -2.41. The van der Waals surface area contributed by atoms with Crippen molar-refractivity contribution in [2.24, 2.45) is 0 Å². The number of likely N-dealkylation sites (tertiary alicyclic amines) is 1. The molecular formula is C18H21N5S. The highest BCUT2D eigenvalue weighted by molar-refractivity contribution is 7.13. The van der Waals surface area contributed by atoms with E-state index in [2.05, 4.69) is 44.6 Å². The minimum atomic E-state index is 0.516. The monoisotopic (exact) mass is 339 g/mol. The molecule has 1 aliphatic heterocycles. The number of piperidine rings is 1. The van der Waals surface area contributed by atoms with Crippen LogP contribution in [0, 0.1) is 0 Å². The summed E-state index contributed by atoms with van der Waals surface area (Å²) in [5, 5.41) is 7.57. The minimum Gasteiger partial charge on any atom is -0.293 e. The molecule has 24 heavy (non-hydrogen) atoms. The van der Waals surface area contributed by atoms with Gasteiger partial charge in [0.1, 0.15) is 17.7 Å². The minimum absolute atomic E-state index is 0.516. The third-order valence-corrected chi connectivity index (χ3v) is 5.49. The van der Waals surface area contributed by atoms with Gasteiger partial charge in [-0.3, -0.25) is 9.58 Å². The fourth-order valence-corrected chi connectivity index (χ4v) is 4.14. The molecule has 5 nitrogen and oxygen atoms in total. The van der Waals surface area contributed by atoms with Gasteiger partial charge in [-0.1, -0.05) is 36.8 Å². The summed E-state index contributed by atoms with van der Waals surface area (Å²) in [5.41, 5.74) is 2.37. The summed E-state index contributed by atoms with van der Waals surface area (Å²) >= 11 is 1.73. The van der Waals surface area contributed by atoms with Gasteiger partial charge in [0.15, 0.2) is 0 Å². The van der Waals surface area contributed by atoms with Crippen molar-refractivity contribution in [1.82, 2.24) is 24.6 Å². The topological polar surface area (TPSA) is 46.8 Å². The molecule has 0 saturated carbocycles. The molecule has 4 rings (SSSR count). The lowest BCUT2D eigenvalue weighted by Gasteiger charge is -2.35. The third-order valence-electron chi connectivity index (χ3n) is 4.55. The van der Waals surface area contributed by atoms with Crippen molar-refractivity contribution in [3.63, 3.8) is 0 Å². The van der Waals surface area contributed by atoms with Gasteiger partial charge in [0.2, 0.25) is 0 Å². The third kappa shape index (κ3) is 3.55. The largest absolute Gasteiger partial charge is 0.293 e. The summed E-state index contributed by atoms with van der Waals surface area (Å²) in [6.45, 7) is 2.97. The molecule has 0 spiro atoms. The number of nitrogens with zero attached hydrogens (tertiary/aromatic N) is 5.